The highest BCUT2D eigenvalue weighted by atomic mass is 127. The summed E-state index contributed by atoms with van der Waals surface area (Å²) in [7, 11) is 5.77. The molecule has 6 nitrogen and oxygen atoms in total. The van der Waals surface area contributed by atoms with Crippen LogP contribution in [0.1, 0.15) is 15.9 Å². The van der Waals surface area contributed by atoms with Crippen molar-refractivity contribution in [3.63, 3.8) is 0 Å². The second-order valence-corrected chi connectivity index (χ2v) is 6.18. The van der Waals surface area contributed by atoms with Gasteiger partial charge in [0.05, 0.1) is 33.3 Å². The van der Waals surface area contributed by atoms with Gasteiger partial charge in [-0.1, -0.05) is 6.07 Å². The molecule has 7 heteroatoms. The predicted octanol–water partition coefficient (Wildman–Crippen LogP) is -1.52. The number of halogens is 1. The van der Waals surface area contributed by atoms with Crippen LogP contribution in [0, 0.1) is 0 Å². The minimum Gasteiger partial charge on any atom is -1.00 e. The fourth-order valence-electron chi connectivity index (χ4n) is 2.67. The molecule has 0 aliphatic rings. The van der Waals surface area contributed by atoms with Crippen LogP contribution in [0.4, 0.5) is 0 Å². The van der Waals surface area contributed by atoms with Crippen molar-refractivity contribution in [3.05, 3.63) is 53.9 Å². The first-order chi connectivity index (χ1) is 12.1. The number of methoxy groups -OCH3 is 1. The van der Waals surface area contributed by atoms with Crippen LogP contribution in [0.25, 0.3) is 10.9 Å². The molecule has 1 aromatic carbocycles. The molecule has 2 N–H and O–H groups in total. The number of hydrogen-bond acceptors (Lipinski definition) is 4. The van der Waals surface area contributed by atoms with Crippen LogP contribution in [0.3, 0.4) is 0 Å². The highest BCUT2D eigenvalue weighted by Gasteiger charge is 2.15. The van der Waals surface area contributed by atoms with Crippen LogP contribution < -0.4 is 38.4 Å². The number of carbonyl (C=O) groups excluding carboxylic acids is 1. The number of H-pyrrole nitrogens is 1. The number of aromatic nitrogens is 2. The molecule has 26 heavy (non-hydrogen) atoms. The Morgan fingerprint density at radius 3 is 2.69 bits per heavy atom. The van der Waals surface area contributed by atoms with Gasteiger partial charge in [0.25, 0.3) is 0 Å². The first-order valence-electron chi connectivity index (χ1n) is 8.18. The van der Waals surface area contributed by atoms with Gasteiger partial charge in [0.1, 0.15) is 5.75 Å². The maximum Gasteiger partial charge on any atom is 0.345 e. The van der Waals surface area contributed by atoms with Crippen molar-refractivity contribution in [1.29, 1.82) is 0 Å². The maximum atomic E-state index is 12.4. The number of rotatable bonds is 6. The van der Waals surface area contributed by atoms with Crippen LogP contribution in [-0.2, 0) is 6.42 Å². The van der Waals surface area contributed by atoms with Gasteiger partial charge in [-0.2, -0.15) is 0 Å². The Labute approximate surface area is 169 Å². The van der Waals surface area contributed by atoms with E-state index in [1.807, 2.05) is 24.4 Å². The number of aromatic amines is 1. The molecule has 0 fully saturated rings. The summed E-state index contributed by atoms with van der Waals surface area (Å²) in [5.74, 6) is 0.578. The summed E-state index contributed by atoms with van der Waals surface area (Å²) in [6.07, 6.45) is 4.34. The number of pyridine rings is 1. The molecule has 0 amide bonds. The Kier molecular flexibility index (Phi) is 6.98. The van der Waals surface area contributed by atoms with Gasteiger partial charge >= 0.3 is 5.97 Å². The average Bonchev–Trinajstić information content (AvgIpc) is 3.04. The van der Waals surface area contributed by atoms with Crippen LogP contribution >= 0.6 is 0 Å². The van der Waals surface area contributed by atoms with E-state index in [4.69, 9.17) is 9.47 Å². The van der Waals surface area contributed by atoms with Gasteiger partial charge in [-0.15, -0.1) is 0 Å². The molecule has 0 saturated carbocycles. The van der Waals surface area contributed by atoms with Crippen LogP contribution in [0.2, 0.25) is 0 Å². The number of carbonyl (C=O) groups is 1. The van der Waals surface area contributed by atoms with Gasteiger partial charge in [-0.3, -0.25) is 0 Å². The van der Waals surface area contributed by atoms with Gasteiger partial charge in [0.2, 0.25) is 5.88 Å². The predicted molar refractivity (Wildman–Crippen MR) is 95.4 cm³/mol. The third kappa shape index (κ3) is 4.53. The first kappa shape index (κ1) is 20.2. The number of benzene rings is 1. The van der Waals surface area contributed by atoms with Gasteiger partial charge < -0.3 is 43.3 Å². The van der Waals surface area contributed by atoms with E-state index >= 15 is 0 Å². The second-order valence-electron chi connectivity index (χ2n) is 6.18. The zero-order chi connectivity index (χ0) is 17.8. The summed E-state index contributed by atoms with van der Waals surface area (Å²) < 4.78 is 10.7. The van der Waals surface area contributed by atoms with Crippen molar-refractivity contribution in [2.45, 2.75) is 6.42 Å². The minimum absolute atomic E-state index is 0. The van der Waals surface area contributed by atoms with E-state index in [2.05, 4.69) is 24.1 Å². The lowest BCUT2D eigenvalue weighted by molar-refractivity contribution is -0.858. The minimum atomic E-state index is -0.437. The molecular formula is C19H22IN3O3. The van der Waals surface area contributed by atoms with Crippen LogP contribution in [0.5, 0.6) is 11.6 Å². The molecular weight excluding hydrogens is 445 g/mol. The molecule has 0 bridgehead atoms. The Balaban J connectivity index is 0.00000243. The number of hydrogen-bond donors (Lipinski definition) is 2. The van der Waals surface area contributed by atoms with Crippen molar-refractivity contribution in [3.8, 4) is 11.6 Å². The molecule has 0 unspecified atom stereocenters. The molecule has 0 aliphatic heterocycles. The topological polar surface area (TPSA) is 68.7 Å². The fourth-order valence-corrected chi connectivity index (χ4v) is 2.67. The number of nitrogens with zero attached hydrogens (tertiary/aromatic N) is 1. The van der Waals surface area contributed by atoms with Gasteiger partial charge in [-0.05, 0) is 23.8 Å². The zero-order valence-electron chi connectivity index (χ0n) is 15.0. The molecule has 3 aromatic rings. The second kappa shape index (κ2) is 9.00. The van der Waals surface area contributed by atoms with Crippen molar-refractivity contribution < 1.29 is 43.1 Å². The lowest BCUT2D eigenvalue weighted by atomic mass is 10.1. The molecule has 2 heterocycles. The summed E-state index contributed by atoms with van der Waals surface area (Å²) in [5.41, 5.74) is 2.49. The fraction of sp³-hybridized carbons (Fsp3) is 0.263. The first-order valence-corrected chi connectivity index (χ1v) is 8.18. The van der Waals surface area contributed by atoms with Gasteiger partial charge in [0.15, 0.2) is 0 Å². The Bertz CT molecular complexity index is 875. The third-order valence-corrected chi connectivity index (χ3v) is 4.03. The van der Waals surface area contributed by atoms with E-state index in [0.717, 1.165) is 29.4 Å². The highest BCUT2D eigenvalue weighted by molar-refractivity contribution is 5.95. The molecule has 0 aliphatic carbocycles. The van der Waals surface area contributed by atoms with Crippen LogP contribution in [-0.4, -0.2) is 43.7 Å². The zero-order valence-corrected chi connectivity index (χ0v) is 17.2. The Morgan fingerprint density at radius 2 is 2.04 bits per heavy atom. The van der Waals surface area contributed by atoms with E-state index < -0.39 is 5.97 Å². The summed E-state index contributed by atoms with van der Waals surface area (Å²) in [6.45, 7) is 0.998. The summed E-state index contributed by atoms with van der Waals surface area (Å²) in [4.78, 5) is 21.1. The van der Waals surface area contributed by atoms with Gasteiger partial charge in [-0.25, -0.2) is 9.78 Å². The maximum absolute atomic E-state index is 12.4. The number of fused-ring (bicyclic) bond motifs is 1. The Hall–Kier alpha value is -2.13. The Morgan fingerprint density at radius 1 is 1.23 bits per heavy atom. The average molecular weight is 467 g/mol. The normalized spacial score (nSPS) is 10.6. The molecule has 2 aromatic heterocycles. The smallest absolute Gasteiger partial charge is 0.345 e. The van der Waals surface area contributed by atoms with Crippen molar-refractivity contribution in [1.82, 2.24) is 9.97 Å². The lowest BCUT2D eigenvalue weighted by Crippen LogP contribution is -3.05. The number of ether oxygens (including phenoxy) is 2. The monoisotopic (exact) mass is 467 g/mol. The molecule has 0 spiro atoms. The van der Waals surface area contributed by atoms with E-state index in [1.54, 1.807) is 12.1 Å². The van der Waals surface area contributed by atoms with Gasteiger partial charge in [0, 0.05) is 35.8 Å². The lowest BCUT2D eigenvalue weighted by Gasteiger charge is -2.09. The largest absolute Gasteiger partial charge is 1.00 e. The van der Waals surface area contributed by atoms with Crippen molar-refractivity contribution >= 4 is 16.9 Å². The van der Waals surface area contributed by atoms with E-state index in [9.17, 15) is 4.79 Å². The number of likely N-dealkylation sites (N-methyl/N-ethyl adjacent to an activating group) is 1. The van der Waals surface area contributed by atoms with E-state index in [1.165, 1.54) is 18.2 Å². The third-order valence-electron chi connectivity index (χ3n) is 4.03. The highest BCUT2D eigenvalue weighted by Crippen LogP contribution is 2.29. The molecule has 3 rings (SSSR count). The summed E-state index contributed by atoms with van der Waals surface area (Å²) in [5, 5.41) is 0.957. The van der Waals surface area contributed by atoms with E-state index in [0.29, 0.717) is 17.2 Å². The number of nitrogens with one attached hydrogen (secondary N) is 2. The summed E-state index contributed by atoms with van der Waals surface area (Å²) in [6, 6.07) is 8.94. The van der Waals surface area contributed by atoms with E-state index in [-0.39, 0.29) is 24.0 Å². The summed E-state index contributed by atoms with van der Waals surface area (Å²) >= 11 is 0. The van der Waals surface area contributed by atoms with Crippen molar-refractivity contribution in [2.75, 3.05) is 27.7 Å². The SMILES string of the molecule is COc1ccc(C(=O)Oc2cccc3[nH]cc(CC[NH+](C)C)c23)cn1.[I-]. The molecule has 0 atom stereocenters. The number of esters is 1. The molecule has 138 valence electrons. The molecule has 0 radical (unpaired) electrons. The van der Waals surface area contributed by atoms with Crippen LogP contribution in [0.15, 0.2) is 42.7 Å². The molecule has 0 saturated heterocycles. The number of quaternary nitrogens is 1. The standard InChI is InChI=1S/C19H21N3O3.HI/c1-22(2)10-9-13-11-20-15-5-4-6-16(18(13)15)25-19(23)14-7-8-17(24-3)21-12-14;/h4-8,11-12,20H,9-10H2,1-3H3;1H. The van der Waals surface area contributed by atoms with Crippen molar-refractivity contribution in [2.24, 2.45) is 0 Å². The quantitative estimate of drug-likeness (QED) is 0.263.